The molecule has 1 saturated heterocycles. The summed E-state index contributed by atoms with van der Waals surface area (Å²) in [5.41, 5.74) is 4.96. The van der Waals surface area contributed by atoms with E-state index in [1.165, 1.54) is 12.0 Å². The van der Waals surface area contributed by atoms with E-state index in [0.717, 1.165) is 66.8 Å². The van der Waals surface area contributed by atoms with Crippen molar-refractivity contribution in [2.45, 2.75) is 39.5 Å². The second-order valence-electron chi connectivity index (χ2n) is 8.95. The molecule has 33 heavy (non-hydrogen) atoms. The van der Waals surface area contributed by atoms with Crippen LogP contribution in [0.25, 0.3) is 5.69 Å². The summed E-state index contributed by atoms with van der Waals surface area (Å²) in [7, 11) is 1.70. The lowest BCUT2D eigenvalue weighted by molar-refractivity contribution is -0.117. The summed E-state index contributed by atoms with van der Waals surface area (Å²) in [6.45, 7) is 6.32. The van der Waals surface area contributed by atoms with E-state index >= 15 is 0 Å². The molecule has 6 nitrogen and oxygen atoms in total. The first kappa shape index (κ1) is 23.1. The summed E-state index contributed by atoms with van der Waals surface area (Å²) >= 11 is 0. The van der Waals surface area contributed by atoms with Gasteiger partial charge in [-0.2, -0.15) is 5.10 Å². The van der Waals surface area contributed by atoms with Crippen molar-refractivity contribution < 1.29 is 9.53 Å². The molecule has 174 valence electrons. The predicted molar refractivity (Wildman–Crippen MR) is 132 cm³/mol. The van der Waals surface area contributed by atoms with Crippen molar-refractivity contribution in [3.8, 4) is 11.4 Å². The van der Waals surface area contributed by atoms with Gasteiger partial charge in [0.15, 0.2) is 0 Å². The third-order valence-corrected chi connectivity index (χ3v) is 6.63. The van der Waals surface area contributed by atoms with Gasteiger partial charge in [-0.25, -0.2) is 4.68 Å². The van der Waals surface area contributed by atoms with Crippen molar-refractivity contribution in [1.82, 2.24) is 14.7 Å². The number of carbonyl (C=O) groups excluding carboxylic acids is 1. The quantitative estimate of drug-likeness (QED) is 0.541. The van der Waals surface area contributed by atoms with Crippen LogP contribution >= 0.6 is 0 Å². The molecule has 1 aliphatic heterocycles. The number of ether oxygens (including phenoxy) is 1. The van der Waals surface area contributed by atoms with Gasteiger partial charge in [0.25, 0.3) is 0 Å². The Balaban J connectivity index is 1.24. The first-order valence-electron chi connectivity index (χ1n) is 11.8. The van der Waals surface area contributed by atoms with E-state index in [1.54, 1.807) is 7.11 Å². The maximum Gasteiger partial charge on any atom is 0.238 e. The number of nitrogens with one attached hydrogen (secondary N) is 1. The number of hydrogen-bond donors (Lipinski definition) is 1. The Morgan fingerprint density at radius 1 is 1.06 bits per heavy atom. The highest BCUT2D eigenvalue weighted by Crippen LogP contribution is 2.25. The lowest BCUT2D eigenvalue weighted by atomic mass is 9.90. The molecule has 2 aromatic carbocycles. The van der Waals surface area contributed by atoms with Crippen molar-refractivity contribution in [3.05, 3.63) is 71.5 Å². The second-order valence-corrected chi connectivity index (χ2v) is 8.95. The molecule has 6 heteroatoms. The van der Waals surface area contributed by atoms with Gasteiger partial charge in [0.05, 0.1) is 36.4 Å². The maximum absolute atomic E-state index is 12.8. The summed E-state index contributed by atoms with van der Waals surface area (Å²) < 4.78 is 7.12. The fraction of sp³-hybridized carbons (Fsp3) is 0.407. The Labute approximate surface area is 196 Å². The molecule has 1 N–H and O–H groups in total. The number of aryl methyl sites for hydroxylation is 2. The SMILES string of the molecule is COc1ccc(CCC2CCN(CC(=O)Nc3c(C)nn(-c4ccccc4)c3C)CC2)cc1. The molecule has 3 aromatic rings. The zero-order chi connectivity index (χ0) is 23.2. The number of carbonyl (C=O) groups is 1. The van der Waals surface area contributed by atoms with Gasteiger partial charge in [0.1, 0.15) is 5.75 Å². The summed E-state index contributed by atoms with van der Waals surface area (Å²) in [6, 6.07) is 18.4. The van der Waals surface area contributed by atoms with Crippen LogP contribution in [0, 0.1) is 19.8 Å². The van der Waals surface area contributed by atoms with Gasteiger partial charge >= 0.3 is 0 Å². The summed E-state index contributed by atoms with van der Waals surface area (Å²) in [5.74, 6) is 1.66. The minimum atomic E-state index is 0.0329. The lowest BCUT2D eigenvalue weighted by Gasteiger charge is -2.31. The number of nitrogens with zero attached hydrogens (tertiary/aromatic N) is 3. The molecule has 1 fully saturated rings. The summed E-state index contributed by atoms with van der Waals surface area (Å²) in [4.78, 5) is 15.0. The first-order chi connectivity index (χ1) is 16.0. The van der Waals surface area contributed by atoms with Gasteiger partial charge in [-0.15, -0.1) is 0 Å². The predicted octanol–water partition coefficient (Wildman–Crippen LogP) is 4.78. The third-order valence-electron chi connectivity index (χ3n) is 6.63. The van der Waals surface area contributed by atoms with Gasteiger partial charge in [-0.3, -0.25) is 9.69 Å². The number of methoxy groups -OCH3 is 1. The van der Waals surface area contributed by atoms with Crippen LogP contribution in [-0.4, -0.2) is 47.3 Å². The number of rotatable bonds is 8. The fourth-order valence-electron chi connectivity index (χ4n) is 4.62. The molecule has 0 atom stereocenters. The Bertz CT molecular complexity index is 1050. The molecule has 1 aliphatic rings. The molecule has 4 rings (SSSR count). The van der Waals surface area contributed by atoms with Gasteiger partial charge in [0.2, 0.25) is 5.91 Å². The summed E-state index contributed by atoms with van der Waals surface area (Å²) in [5, 5.41) is 7.74. The van der Waals surface area contributed by atoms with Gasteiger partial charge in [-0.05, 0) is 88.4 Å². The minimum Gasteiger partial charge on any atom is -0.497 e. The van der Waals surface area contributed by atoms with Gasteiger partial charge < -0.3 is 10.1 Å². The normalized spacial score (nSPS) is 14.9. The fourth-order valence-corrected chi connectivity index (χ4v) is 4.62. The van der Waals surface area contributed by atoms with E-state index in [-0.39, 0.29) is 5.91 Å². The molecule has 0 bridgehead atoms. The minimum absolute atomic E-state index is 0.0329. The van der Waals surface area contributed by atoms with E-state index in [2.05, 4.69) is 27.4 Å². The zero-order valence-electron chi connectivity index (χ0n) is 19.9. The lowest BCUT2D eigenvalue weighted by Crippen LogP contribution is -2.39. The number of piperidine rings is 1. The molecule has 0 unspecified atom stereocenters. The average Bonchev–Trinajstić information content (AvgIpc) is 3.12. The Kier molecular flexibility index (Phi) is 7.45. The van der Waals surface area contributed by atoms with E-state index in [4.69, 9.17) is 4.74 Å². The second kappa shape index (κ2) is 10.7. The Morgan fingerprint density at radius 3 is 2.42 bits per heavy atom. The first-order valence-corrected chi connectivity index (χ1v) is 11.8. The van der Waals surface area contributed by atoms with Crippen molar-refractivity contribution in [1.29, 1.82) is 0 Å². The van der Waals surface area contributed by atoms with Crippen LogP contribution in [0.2, 0.25) is 0 Å². The van der Waals surface area contributed by atoms with Crippen molar-refractivity contribution in [2.75, 3.05) is 32.1 Å². The van der Waals surface area contributed by atoms with Crippen LogP contribution in [0.15, 0.2) is 54.6 Å². The molecule has 2 heterocycles. The van der Waals surface area contributed by atoms with Crippen LogP contribution < -0.4 is 10.1 Å². The van der Waals surface area contributed by atoms with Crippen LogP contribution in [0.5, 0.6) is 5.75 Å². The van der Waals surface area contributed by atoms with E-state index in [1.807, 2.05) is 61.0 Å². The van der Waals surface area contributed by atoms with Crippen LogP contribution in [-0.2, 0) is 11.2 Å². The van der Waals surface area contributed by atoms with E-state index in [9.17, 15) is 4.79 Å². The topological polar surface area (TPSA) is 59.4 Å². The number of benzene rings is 2. The van der Waals surface area contributed by atoms with Crippen molar-refractivity contribution >= 4 is 11.6 Å². The standard InChI is InChI=1S/C27H34N4O2/c1-20-27(21(2)31(29-20)24-7-5-4-6-8-24)28-26(32)19-30-17-15-23(16-18-30)10-9-22-11-13-25(33-3)14-12-22/h4-8,11-14,23H,9-10,15-19H2,1-3H3,(H,28,32). The average molecular weight is 447 g/mol. The van der Waals surface area contributed by atoms with E-state index < -0.39 is 0 Å². The Hall–Kier alpha value is -3.12. The number of anilines is 1. The Morgan fingerprint density at radius 2 is 1.76 bits per heavy atom. The smallest absolute Gasteiger partial charge is 0.238 e. The maximum atomic E-state index is 12.8. The molecule has 1 amide bonds. The molecule has 0 aliphatic carbocycles. The van der Waals surface area contributed by atoms with Crippen LogP contribution in [0.1, 0.15) is 36.2 Å². The molecule has 1 aromatic heterocycles. The molecular formula is C27H34N4O2. The highest BCUT2D eigenvalue weighted by molar-refractivity contribution is 5.93. The summed E-state index contributed by atoms with van der Waals surface area (Å²) in [6.07, 6.45) is 4.59. The number of para-hydroxylation sites is 1. The number of hydrogen-bond acceptors (Lipinski definition) is 4. The monoisotopic (exact) mass is 446 g/mol. The molecule has 0 radical (unpaired) electrons. The molecule has 0 saturated carbocycles. The number of aromatic nitrogens is 2. The largest absolute Gasteiger partial charge is 0.497 e. The van der Waals surface area contributed by atoms with Crippen molar-refractivity contribution in [2.24, 2.45) is 5.92 Å². The number of likely N-dealkylation sites (tertiary alicyclic amines) is 1. The van der Waals surface area contributed by atoms with Crippen LogP contribution in [0.3, 0.4) is 0 Å². The van der Waals surface area contributed by atoms with E-state index in [0.29, 0.717) is 6.54 Å². The highest BCUT2D eigenvalue weighted by Gasteiger charge is 2.22. The highest BCUT2D eigenvalue weighted by atomic mass is 16.5. The zero-order valence-corrected chi connectivity index (χ0v) is 19.9. The van der Waals surface area contributed by atoms with Gasteiger partial charge in [-0.1, -0.05) is 30.3 Å². The molecular weight excluding hydrogens is 412 g/mol. The number of amides is 1. The van der Waals surface area contributed by atoms with Crippen LogP contribution in [0.4, 0.5) is 5.69 Å². The van der Waals surface area contributed by atoms with Crippen molar-refractivity contribution in [3.63, 3.8) is 0 Å². The van der Waals surface area contributed by atoms with Gasteiger partial charge in [0, 0.05) is 0 Å². The third kappa shape index (κ3) is 5.82. The molecule has 0 spiro atoms.